The molecule has 1 N–H and O–H groups in total. The average molecular weight is 205 g/mol. The van der Waals surface area contributed by atoms with Crippen LogP contribution < -0.4 is 0 Å². The molecule has 1 aromatic heterocycles. The summed E-state index contributed by atoms with van der Waals surface area (Å²) in [5.74, 6) is 0. The zero-order valence-corrected chi connectivity index (χ0v) is 8.20. The number of rotatable bonds is 2. The maximum Gasteiger partial charge on any atom is 0.0631 e. The number of H-pyrrole nitrogens is 1. The van der Waals surface area contributed by atoms with E-state index in [2.05, 4.69) is 9.98 Å². The SMILES string of the molecule is Clc1ccc(N=Cc2ccc[nH]2)cc1. The fourth-order valence-corrected chi connectivity index (χ4v) is 1.22. The van der Waals surface area contributed by atoms with Gasteiger partial charge in [-0.15, -0.1) is 0 Å². The Morgan fingerprint density at radius 2 is 1.93 bits per heavy atom. The molecule has 2 rings (SSSR count). The van der Waals surface area contributed by atoms with Crippen LogP contribution in [0.15, 0.2) is 47.6 Å². The molecular formula is C11H9ClN2. The normalized spacial score (nSPS) is 10.9. The highest BCUT2D eigenvalue weighted by Crippen LogP contribution is 2.15. The zero-order chi connectivity index (χ0) is 9.80. The van der Waals surface area contributed by atoms with Crippen molar-refractivity contribution < 1.29 is 0 Å². The van der Waals surface area contributed by atoms with Crippen LogP contribution >= 0.6 is 11.6 Å². The Hall–Kier alpha value is -1.54. The third-order valence-electron chi connectivity index (χ3n) is 1.80. The third-order valence-corrected chi connectivity index (χ3v) is 2.05. The largest absolute Gasteiger partial charge is 0.360 e. The van der Waals surface area contributed by atoms with E-state index in [1.807, 2.05) is 42.6 Å². The Labute approximate surface area is 87.3 Å². The molecule has 70 valence electrons. The van der Waals surface area contributed by atoms with Crippen LogP contribution in [0.5, 0.6) is 0 Å². The summed E-state index contributed by atoms with van der Waals surface area (Å²) in [4.78, 5) is 7.32. The minimum Gasteiger partial charge on any atom is -0.360 e. The highest BCUT2D eigenvalue weighted by molar-refractivity contribution is 6.30. The van der Waals surface area contributed by atoms with Crippen molar-refractivity contribution in [2.24, 2.45) is 4.99 Å². The van der Waals surface area contributed by atoms with E-state index < -0.39 is 0 Å². The molecule has 0 unspecified atom stereocenters. The fourth-order valence-electron chi connectivity index (χ4n) is 1.10. The molecule has 0 saturated carbocycles. The summed E-state index contributed by atoms with van der Waals surface area (Å²) in [5.41, 5.74) is 1.88. The van der Waals surface area contributed by atoms with Gasteiger partial charge in [-0.1, -0.05) is 11.6 Å². The van der Waals surface area contributed by atoms with Gasteiger partial charge in [0.1, 0.15) is 0 Å². The summed E-state index contributed by atoms with van der Waals surface area (Å²) < 4.78 is 0. The molecule has 2 aromatic rings. The summed E-state index contributed by atoms with van der Waals surface area (Å²) >= 11 is 5.75. The summed E-state index contributed by atoms with van der Waals surface area (Å²) in [6.07, 6.45) is 3.65. The summed E-state index contributed by atoms with van der Waals surface area (Å²) in [6, 6.07) is 11.3. The monoisotopic (exact) mass is 204 g/mol. The molecule has 0 bridgehead atoms. The Bertz CT molecular complexity index is 415. The Kier molecular flexibility index (Phi) is 2.65. The number of hydrogen-bond acceptors (Lipinski definition) is 1. The minimum atomic E-state index is 0.726. The Morgan fingerprint density at radius 3 is 2.57 bits per heavy atom. The predicted molar refractivity (Wildman–Crippen MR) is 59.5 cm³/mol. The van der Waals surface area contributed by atoms with E-state index in [-0.39, 0.29) is 0 Å². The third kappa shape index (κ3) is 2.24. The van der Waals surface area contributed by atoms with Crippen LogP contribution in [-0.4, -0.2) is 11.2 Å². The number of benzene rings is 1. The zero-order valence-electron chi connectivity index (χ0n) is 7.44. The summed E-state index contributed by atoms with van der Waals surface area (Å²) in [7, 11) is 0. The van der Waals surface area contributed by atoms with Crippen LogP contribution in [-0.2, 0) is 0 Å². The van der Waals surface area contributed by atoms with Crippen LogP contribution in [0, 0.1) is 0 Å². The van der Waals surface area contributed by atoms with Gasteiger partial charge in [-0.2, -0.15) is 0 Å². The lowest BCUT2D eigenvalue weighted by Crippen LogP contribution is -1.77. The van der Waals surface area contributed by atoms with Gasteiger partial charge in [0.05, 0.1) is 17.6 Å². The van der Waals surface area contributed by atoms with E-state index in [1.54, 1.807) is 6.21 Å². The summed E-state index contributed by atoms with van der Waals surface area (Å²) in [5, 5.41) is 0.726. The van der Waals surface area contributed by atoms with Crippen molar-refractivity contribution in [3.8, 4) is 0 Å². The number of nitrogens with one attached hydrogen (secondary N) is 1. The topological polar surface area (TPSA) is 28.1 Å². The smallest absolute Gasteiger partial charge is 0.0631 e. The summed E-state index contributed by atoms with van der Waals surface area (Å²) in [6.45, 7) is 0. The van der Waals surface area contributed by atoms with E-state index in [9.17, 15) is 0 Å². The van der Waals surface area contributed by atoms with Crippen LogP contribution in [0.2, 0.25) is 5.02 Å². The second kappa shape index (κ2) is 4.11. The highest BCUT2D eigenvalue weighted by atomic mass is 35.5. The van der Waals surface area contributed by atoms with Gasteiger partial charge in [-0.05, 0) is 36.4 Å². The first-order valence-corrected chi connectivity index (χ1v) is 4.65. The first-order chi connectivity index (χ1) is 6.84. The van der Waals surface area contributed by atoms with Crippen molar-refractivity contribution in [2.45, 2.75) is 0 Å². The molecule has 0 spiro atoms. The molecule has 0 atom stereocenters. The van der Waals surface area contributed by atoms with E-state index in [1.165, 1.54) is 0 Å². The lowest BCUT2D eigenvalue weighted by Gasteiger charge is -1.92. The maximum absolute atomic E-state index is 5.75. The van der Waals surface area contributed by atoms with Gasteiger partial charge in [0.25, 0.3) is 0 Å². The first kappa shape index (κ1) is 9.03. The second-order valence-electron chi connectivity index (χ2n) is 2.86. The molecule has 3 heteroatoms. The molecular weight excluding hydrogens is 196 g/mol. The number of nitrogens with zero attached hydrogens (tertiary/aromatic N) is 1. The number of hydrogen-bond donors (Lipinski definition) is 1. The van der Waals surface area contributed by atoms with Gasteiger partial charge in [0.2, 0.25) is 0 Å². The van der Waals surface area contributed by atoms with Gasteiger partial charge in [0, 0.05) is 11.2 Å². The van der Waals surface area contributed by atoms with Crippen molar-refractivity contribution in [3.63, 3.8) is 0 Å². The number of aromatic amines is 1. The average Bonchev–Trinajstić information content (AvgIpc) is 2.70. The molecule has 0 aliphatic heterocycles. The number of halogens is 1. The van der Waals surface area contributed by atoms with Gasteiger partial charge < -0.3 is 4.98 Å². The van der Waals surface area contributed by atoms with Gasteiger partial charge >= 0.3 is 0 Å². The molecule has 0 radical (unpaired) electrons. The van der Waals surface area contributed by atoms with Gasteiger partial charge in [0.15, 0.2) is 0 Å². The first-order valence-electron chi connectivity index (χ1n) is 4.27. The molecule has 14 heavy (non-hydrogen) atoms. The molecule has 0 saturated heterocycles. The van der Waals surface area contributed by atoms with Crippen molar-refractivity contribution in [3.05, 3.63) is 53.3 Å². The maximum atomic E-state index is 5.75. The Morgan fingerprint density at radius 1 is 1.14 bits per heavy atom. The van der Waals surface area contributed by atoms with Crippen LogP contribution in [0.3, 0.4) is 0 Å². The van der Waals surface area contributed by atoms with E-state index in [4.69, 9.17) is 11.6 Å². The number of aromatic nitrogens is 1. The predicted octanol–water partition coefficient (Wildman–Crippen LogP) is 3.42. The minimum absolute atomic E-state index is 0.726. The van der Waals surface area contributed by atoms with Crippen LogP contribution in [0.1, 0.15) is 5.69 Å². The molecule has 0 amide bonds. The van der Waals surface area contributed by atoms with E-state index in [0.717, 1.165) is 16.4 Å². The van der Waals surface area contributed by atoms with Crippen molar-refractivity contribution >= 4 is 23.5 Å². The van der Waals surface area contributed by atoms with Crippen molar-refractivity contribution in [1.29, 1.82) is 0 Å². The highest BCUT2D eigenvalue weighted by Gasteiger charge is 1.89. The van der Waals surface area contributed by atoms with E-state index in [0.29, 0.717) is 0 Å². The molecule has 1 aromatic carbocycles. The van der Waals surface area contributed by atoms with E-state index >= 15 is 0 Å². The van der Waals surface area contributed by atoms with Gasteiger partial charge in [-0.3, -0.25) is 4.99 Å². The molecule has 0 aliphatic rings. The quantitative estimate of drug-likeness (QED) is 0.727. The molecule has 1 heterocycles. The van der Waals surface area contributed by atoms with Crippen molar-refractivity contribution in [1.82, 2.24) is 4.98 Å². The van der Waals surface area contributed by atoms with Crippen molar-refractivity contribution in [2.75, 3.05) is 0 Å². The lowest BCUT2D eigenvalue weighted by atomic mass is 10.3. The van der Waals surface area contributed by atoms with Crippen LogP contribution in [0.25, 0.3) is 0 Å². The molecule has 0 fully saturated rings. The fraction of sp³-hybridized carbons (Fsp3) is 0. The van der Waals surface area contributed by atoms with Crippen LogP contribution in [0.4, 0.5) is 5.69 Å². The van der Waals surface area contributed by atoms with Gasteiger partial charge in [-0.25, -0.2) is 0 Å². The molecule has 2 nitrogen and oxygen atoms in total. The second-order valence-corrected chi connectivity index (χ2v) is 3.30. The molecule has 0 aliphatic carbocycles. The lowest BCUT2D eigenvalue weighted by molar-refractivity contribution is 1.38. The number of aliphatic imine (C=N–C) groups is 1. The standard InChI is InChI=1S/C11H9ClN2/c12-9-3-5-10(6-4-9)14-8-11-2-1-7-13-11/h1-8,13H. The Balaban J connectivity index is 2.15.